The van der Waals surface area contributed by atoms with Crippen LogP contribution in [0.3, 0.4) is 0 Å². The predicted molar refractivity (Wildman–Crippen MR) is 43.0 cm³/mol. The van der Waals surface area contributed by atoms with Crippen molar-refractivity contribution in [3.05, 3.63) is 0 Å². The maximum atomic E-state index is 10.7. The summed E-state index contributed by atoms with van der Waals surface area (Å²) >= 11 is 0. The van der Waals surface area contributed by atoms with Crippen LogP contribution in [0.25, 0.3) is 0 Å². The molecule has 0 aliphatic heterocycles. The van der Waals surface area contributed by atoms with Crippen molar-refractivity contribution in [2.45, 2.75) is 19.9 Å². The Balaban J connectivity index is 4.09. The van der Waals surface area contributed by atoms with E-state index in [2.05, 4.69) is 0 Å². The quantitative estimate of drug-likeness (QED) is 0.552. The summed E-state index contributed by atoms with van der Waals surface area (Å²) in [5.41, 5.74) is 5.06. The highest BCUT2D eigenvalue weighted by Gasteiger charge is 2.19. The van der Waals surface area contributed by atoms with Crippen LogP contribution in [-0.2, 0) is 4.79 Å². The highest BCUT2D eigenvalue weighted by atomic mass is 16.3. The van der Waals surface area contributed by atoms with Gasteiger partial charge in [-0.1, -0.05) is 13.8 Å². The minimum absolute atomic E-state index is 0.197. The molecule has 11 heavy (non-hydrogen) atoms. The Morgan fingerprint density at radius 3 is 2.09 bits per heavy atom. The molecule has 4 nitrogen and oxygen atoms in total. The molecule has 1 amide bonds. The SMILES string of the molecule is CCN(CC)C(CO)C(N)=O. The smallest absolute Gasteiger partial charge is 0.237 e. The van der Waals surface area contributed by atoms with Crippen molar-refractivity contribution in [2.75, 3.05) is 19.7 Å². The Hall–Kier alpha value is -0.610. The van der Waals surface area contributed by atoms with Gasteiger partial charge in [-0.2, -0.15) is 0 Å². The summed E-state index contributed by atoms with van der Waals surface area (Å²) in [6.45, 7) is 5.11. The molecule has 0 heterocycles. The van der Waals surface area contributed by atoms with Crippen molar-refractivity contribution in [3.8, 4) is 0 Å². The number of nitrogens with two attached hydrogens (primary N) is 1. The van der Waals surface area contributed by atoms with Gasteiger partial charge in [0.05, 0.1) is 6.61 Å². The van der Waals surface area contributed by atoms with Gasteiger partial charge < -0.3 is 10.8 Å². The van der Waals surface area contributed by atoms with E-state index in [1.807, 2.05) is 18.7 Å². The van der Waals surface area contributed by atoms with E-state index in [1.54, 1.807) is 0 Å². The first kappa shape index (κ1) is 10.4. The summed E-state index contributed by atoms with van der Waals surface area (Å²) in [6.07, 6.45) is 0. The highest BCUT2D eigenvalue weighted by Crippen LogP contribution is 1.96. The summed E-state index contributed by atoms with van der Waals surface area (Å²) in [5.74, 6) is -0.462. The molecule has 0 saturated heterocycles. The lowest BCUT2D eigenvalue weighted by atomic mass is 10.2. The number of rotatable bonds is 5. The fourth-order valence-corrected chi connectivity index (χ4v) is 1.05. The number of aliphatic hydroxyl groups is 1. The van der Waals surface area contributed by atoms with E-state index in [0.717, 1.165) is 13.1 Å². The lowest BCUT2D eigenvalue weighted by Crippen LogP contribution is -2.46. The topological polar surface area (TPSA) is 66.6 Å². The number of carbonyl (C=O) groups excluding carboxylic acids is 1. The van der Waals surface area contributed by atoms with Crippen LogP contribution in [0.15, 0.2) is 0 Å². The van der Waals surface area contributed by atoms with Gasteiger partial charge in [-0.05, 0) is 13.1 Å². The molecule has 4 heteroatoms. The van der Waals surface area contributed by atoms with Crippen LogP contribution < -0.4 is 5.73 Å². The van der Waals surface area contributed by atoms with E-state index in [4.69, 9.17) is 10.8 Å². The molecule has 0 spiro atoms. The zero-order chi connectivity index (χ0) is 8.85. The van der Waals surface area contributed by atoms with E-state index in [0.29, 0.717) is 0 Å². The van der Waals surface area contributed by atoms with Gasteiger partial charge in [0.2, 0.25) is 5.91 Å². The van der Waals surface area contributed by atoms with E-state index in [-0.39, 0.29) is 6.61 Å². The number of nitrogens with zero attached hydrogens (tertiary/aromatic N) is 1. The number of likely N-dealkylation sites (N-methyl/N-ethyl adjacent to an activating group) is 1. The zero-order valence-corrected chi connectivity index (χ0v) is 7.08. The van der Waals surface area contributed by atoms with E-state index in [1.165, 1.54) is 0 Å². The first-order valence-corrected chi connectivity index (χ1v) is 3.81. The van der Waals surface area contributed by atoms with Crippen molar-refractivity contribution in [3.63, 3.8) is 0 Å². The molecule has 0 aromatic carbocycles. The Bertz CT molecular complexity index is 124. The molecular weight excluding hydrogens is 144 g/mol. The van der Waals surface area contributed by atoms with Gasteiger partial charge in [0.25, 0.3) is 0 Å². The number of carbonyl (C=O) groups is 1. The Kier molecular flexibility index (Phi) is 4.81. The second kappa shape index (κ2) is 5.09. The second-order valence-corrected chi connectivity index (χ2v) is 2.32. The third-order valence-electron chi connectivity index (χ3n) is 1.75. The Labute approximate surface area is 67.0 Å². The Morgan fingerprint density at radius 1 is 1.55 bits per heavy atom. The average molecular weight is 160 g/mol. The summed E-state index contributed by atoms with van der Waals surface area (Å²) < 4.78 is 0. The number of hydrogen-bond acceptors (Lipinski definition) is 3. The van der Waals surface area contributed by atoms with E-state index >= 15 is 0 Å². The Morgan fingerprint density at radius 2 is 2.00 bits per heavy atom. The molecule has 1 atom stereocenters. The molecule has 0 aliphatic carbocycles. The molecule has 3 N–H and O–H groups in total. The summed E-state index contributed by atoms with van der Waals surface area (Å²) in [7, 11) is 0. The second-order valence-electron chi connectivity index (χ2n) is 2.32. The molecule has 0 fully saturated rings. The lowest BCUT2D eigenvalue weighted by Gasteiger charge is -2.24. The average Bonchev–Trinajstić information content (AvgIpc) is 1.99. The van der Waals surface area contributed by atoms with Crippen molar-refractivity contribution in [1.29, 1.82) is 0 Å². The van der Waals surface area contributed by atoms with Gasteiger partial charge in [0.15, 0.2) is 0 Å². The summed E-state index contributed by atoms with van der Waals surface area (Å²) in [4.78, 5) is 12.5. The van der Waals surface area contributed by atoms with Gasteiger partial charge in [-0.3, -0.25) is 9.69 Å². The zero-order valence-electron chi connectivity index (χ0n) is 7.08. The van der Waals surface area contributed by atoms with Gasteiger partial charge in [-0.15, -0.1) is 0 Å². The van der Waals surface area contributed by atoms with Crippen LogP contribution in [0.4, 0.5) is 0 Å². The number of hydrogen-bond donors (Lipinski definition) is 2. The fraction of sp³-hybridized carbons (Fsp3) is 0.857. The third-order valence-corrected chi connectivity index (χ3v) is 1.75. The molecule has 66 valence electrons. The molecule has 0 aromatic rings. The summed E-state index contributed by atoms with van der Waals surface area (Å²) in [6, 6.07) is -0.523. The standard InChI is InChI=1S/C7H16N2O2/c1-3-9(4-2)6(5-10)7(8)11/h6,10H,3-5H2,1-2H3,(H2,8,11). The lowest BCUT2D eigenvalue weighted by molar-refractivity contribution is -0.124. The van der Waals surface area contributed by atoms with Crippen molar-refractivity contribution in [1.82, 2.24) is 4.90 Å². The molecule has 0 saturated carbocycles. The van der Waals surface area contributed by atoms with Crippen LogP contribution in [0.5, 0.6) is 0 Å². The van der Waals surface area contributed by atoms with E-state index < -0.39 is 11.9 Å². The van der Waals surface area contributed by atoms with Gasteiger partial charge in [0, 0.05) is 0 Å². The number of primary amides is 1. The van der Waals surface area contributed by atoms with Crippen molar-refractivity contribution in [2.24, 2.45) is 5.73 Å². The fourth-order valence-electron chi connectivity index (χ4n) is 1.05. The maximum absolute atomic E-state index is 10.7. The first-order valence-electron chi connectivity index (χ1n) is 3.81. The molecule has 0 aliphatic rings. The largest absolute Gasteiger partial charge is 0.394 e. The van der Waals surface area contributed by atoms with Crippen molar-refractivity contribution < 1.29 is 9.90 Å². The maximum Gasteiger partial charge on any atom is 0.237 e. The molecular formula is C7H16N2O2. The van der Waals surface area contributed by atoms with Gasteiger partial charge >= 0.3 is 0 Å². The number of aliphatic hydroxyl groups excluding tert-OH is 1. The molecule has 0 bridgehead atoms. The van der Waals surface area contributed by atoms with Gasteiger partial charge in [0.1, 0.15) is 6.04 Å². The van der Waals surface area contributed by atoms with Crippen LogP contribution in [0.2, 0.25) is 0 Å². The van der Waals surface area contributed by atoms with Gasteiger partial charge in [-0.25, -0.2) is 0 Å². The minimum atomic E-state index is -0.523. The monoisotopic (exact) mass is 160 g/mol. The van der Waals surface area contributed by atoms with Crippen LogP contribution in [0, 0.1) is 0 Å². The third kappa shape index (κ3) is 2.86. The van der Waals surface area contributed by atoms with Crippen LogP contribution in [0.1, 0.15) is 13.8 Å². The predicted octanol–water partition coefficient (Wildman–Crippen LogP) is -0.826. The molecule has 0 radical (unpaired) electrons. The number of amides is 1. The molecule has 0 aromatic heterocycles. The minimum Gasteiger partial charge on any atom is -0.394 e. The highest BCUT2D eigenvalue weighted by molar-refractivity contribution is 5.79. The van der Waals surface area contributed by atoms with Crippen LogP contribution in [-0.4, -0.2) is 41.7 Å². The van der Waals surface area contributed by atoms with Crippen molar-refractivity contribution >= 4 is 5.91 Å². The first-order chi connectivity index (χ1) is 5.17. The summed E-state index contributed by atoms with van der Waals surface area (Å²) in [5, 5.41) is 8.79. The van der Waals surface area contributed by atoms with E-state index in [9.17, 15) is 4.79 Å². The molecule has 0 rings (SSSR count). The normalized spacial score (nSPS) is 13.5. The van der Waals surface area contributed by atoms with Crippen LogP contribution >= 0.6 is 0 Å². The molecule has 1 unspecified atom stereocenters.